The predicted octanol–water partition coefficient (Wildman–Crippen LogP) is 6.92. The number of thioether (sulfide) groups is 2. The van der Waals surface area contributed by atoms with Crippen LogP contribution in [0.4, 0.5) is 0 Å². The minimum Gasteiger partial charge on any atom is -0.267 e. The smallest absolute Gasteiger partial charge is 0.131 e. The van der Waals surface area contributed by atoms with Crippen molar-refractivity contribution >= 4 is 34.1 Å². The molecule has 0 fully saturated rings. The summed E-state index contributed by atoms with van der Waals surface area (Å²) in [5.74, 6) is 2.24. The second-order valence-electron chi connectivity index (χ2n) is 6.92. The van der Waals surface area contributed by atoms with E-state index >= 15 is 0 Å². The van der Waals surface area contributed by atoms with E-state index in [0.717, 1.165) is 29.7 Å². The summed E-state index contributed by atoms with van der Waals surface area (Å²) in [5, 5.41) is 2.07. The van der Waals surface area contributed by atoms with Crippen LogP contribution in [0.3, 0.4) is 0 Å². The van der Waals surface area contributed by atoms with Gasteiger partial charge in [-0.25, -0.2) is 0 Å². The molecule has 25 heavy (non-hydrogen) atoms. The first-order chi connectivity index (χ1) is 12.0. The van der Waals surface area contributed by atoms with E-state index in [0.29, 0.717) is 0 Å². The molecule has 3 radical (unpaired) electrons. The van der Waals surface area contributed by atoms with Crippen LogP contribution in [-0.4, -0.2) is 10.6 Å². The van der Waals surface area contributed by atoms with Crippen LogP contribution in [0.1, 0.15) is 47.0 Å². The van der Waals surface area contributed by atoms with Gasteiger partial charge in [0.15, 0.2) is 0 Å². The van der Waals surface area contributed by atoms with Gasteiger partial charge < -0.3 is 0 Å². The summed E-state index contributed by atoms with van der Waals surface area (Å²) in [6, 6.07) is 1.01. The zero-order chi connectivity index (χ0) is 18.1. The minimum absolute atomic E-state index is 0.267. The molecule has 133 valence electrons. The molecule has 2 aliphatic rings. The number of nitrogens with zero attached hydrogens (tertiary/aromatic N) is 2. The number of hydrogen-bond acceptors (Lipinski definition) is 4. The van der Waals surface area contributed by atoms with Gasteiger partial charge in [0.05, 0.1) is 0 Å². The van der Waals surface area contributed by atoms with Gasteiger partial charge in [0.25, 0.3) is 0 Å². The van der Waals surface area contributed by atoms with E-state index in [4.69, 9.17) is 4.99 Å². The van der Waals surface area contributed by atoms with Gasteiger partial charge in [-0.3, -0.25) is 9.98 Å². The van der Waals surface area contributed by atoms with Crippen LogP contribution in [-0.2, 0) is 0 Å². The van der Waals surface area contributed by atoms with E-state index in [9.17, 15) is 0 Å². The molecule has 2 nitrogen and oxygen atoms in total. The van der Waals surface area contributed by atoms with Crippen molar-refractivity contribution in [2.75, 3.05) is 0 Å². The van der Waals surface area contributed by atoms with Crippen LogP contribution in [0.15, 0.2) is 57.0 Å². The van der Waals surface area contributed by atoms with Gasteiger partial charge in [0.1, 0.15) is 10.4 Å². The fourth-order valence-electron chi connectivity index (χ4n) is 2.35. The van der Waals surface area contributed by atoms with Crippen molar-refractivity contribution < 1.29 is 0 Å². The molecule has 1 aliphatic heterocycles. The summed E-state index contributed by atoms with van der Waals surface area (Å²) in [7, 11) is 0. The van der Waals surface area contributed by atoms with Crippen molar-refractivity contribution in [1.29, 1.82) is 0 Å². The molecular formula is C21H27N2S2. The molecule has 0 spiro atoms. The lowest BCUT2D eigenvalue weighted by Crippen LogP contribution is -2.11. The highest BCUT2D eigenvalue weighted by molar-refractivity contribution is 8.40. The van der Waals surface area contributed by atoms with Gasteiger partial charge >= 0.3 is 0 Å². The van der Waals surface area contributed by atoms with Crippen LogP contribution in [0.25, 0.3) is 0 Å². The molecule has 0 atom stereocenters. The Morgan fingerprint density at radius 1 is 1.16 bits per heavy atom. The summed E-state index contributed by atoms with van der Waals surface area (Å²) >= 11 is 3.35. The lowest BCUT2D eigenvalue weighted by Gasteiger charge is -2.25. The van der Waals surface area contributed by atoms with Crippen molar-refractivity contribution in [3.63, 3.8) is 0 Å². The van der Waals surface area contributed by atoms with E-state index in [-0.39, 0.29) is 5.41 Å². The second-order valence-corrected chi connectivity index (χ2v) is 8.93. The molecular weight excluding hydrogens is 344 g/mol. The first-order valence-electron chi connectivity index (χ1n) is 8.61. The van der Waals surface area contributed by atoms with E-state index in [1.165, 1.54) is 11.1 Å². The standard InChI is InChI=1S/C21H27N2S2/c1-5-6-14-24-20(23-19-8-7-13-22-15-19)25-16-17-9-11-18(12-10-17)21(2,3)4/h5-7,9,12-16H,8,10-11H2,1-4H3/b14-6-,23-20?. The maximum atomic E-state index is 4.77. The molecule has 0 aromatic rings. The monoisotopic (exact) mass is 371 g/mol. The van der Waals surface area contributed by atoms with Crippen LogP contribution >= 0.6 is 23.5 Å². The van der Waals surface area contributed by atoms with Crippen LogP contribution < -0.4 is 0 Å². The Labute approximate surface area is 161 Å². The highest BCUT2D eigenvalue weighted by Gasteiger charge is 2.18. The summed E-state index contributed by atoms with van der Waals surface area (Å²) in [6.07, 6.45) is 17.4. The SMILES string of the molecule is C[CH]/C=C\SC(=N[C]1C=NC=CC1)S[CH]C1=CCC(C(C)(C)C)=CC1. The highest BCUT2D eigenvalue weighted by atomic mass is 32.2. The van der Waals surface area contributed by atoms with E-state index in [1.807, 2.05) is 37.9 Å². The number of hydrogen-bond donors (Lipinski definition) is 0. The zero-order valence-electron chi connectivity index (χ0n) is 15.5. The Balaban J connectivity index is 1.92. The first kappa shape index (κ1) is 20.3. The van der Waals surface area contributed by atoms with Crippen molar-refractivity contribution in [3.05, 3.63) is 65.3 Å². The Morgan fingerprint density at radius 3 is 2.60 bits per heavy atom. The molecule has 1 aliphatic carbocycles. The van der Waals surface area contributed by atoms with Gasteiger partial charge in [-0.1, -0.05) is 86.7 Å². The van der Waals surface area contributed by atoms with Crippen molar-refractivity contribution in [2.45, 2.75) is 47.0 Å². The second kappa shape index (κ2) is 10.2. The molecule has 1 heterocycles. The summed E-state index contributed by atoms with van der Waals surface area (Å²) in [4.78, 5) is 8.93. The minimum atomic E-state index is 0.267. The Bertz CT molecular complexity index is 616. The van der Waals surface area contributed by atoms with Crippen LogP contribution in [0.5, 0.6) is 0 Å². The maximum absolute atomic E-state index is 4.77. The Kier molecular flexibility index (Phi) is 8.31. The molecule has 0 unspecified atom stereocenters. The molecule has 0 N–H and O–H groups in total. The fourth-order valence-corrected chi connectivity index (χ4v) is 4.02. The summed E-state index contributed by atoms with van der Waals surface area (Å²) < 4.78 is 1.03. The molecule has 0 aromatic heterocycles. The number of allylic oxidation sites excluding steroid dienone is 4. The third kappa shape index (κ3) is 7.41. The molecule has 0 bridgehead atoms. The van der Waals surface area contributed by atoms with Gasteiger partial charge in [0.2, 0.25) is 0 Å². The van der Waals surface area contributed by atoms with Gasteiger partial charge in [-0.05, 0) is 30.1 Å². The predicted molar refractivity (Wildman–Crippen MR) is 116 cm³/mol. The first-order valence-corrected chi connectivity index (χ1v) is 10.4. The maximum Gasteiger partial charge on any atom is 0.131 e. The van der Waals surface area contributed by atoms with Crippen LogP contribution in [0.2, 0.25) is 0 Å². The largest absolute Gasteiger partial charge is 0.267 e. The lowest BCUT2D eigenvalue weighted by molar-refractivity contribution is 0.489. The third-order valence-electron chi connectivity index (χ3n) is 3.86. The molecule has 0 aromatic carbocycles. The zero-order valence-corrected chi connectivity index (χ0v) is 17.2. The Morgan fingerprint density at radius 2 is 2.00 bits per heavy atom. The fraction of sp³-hybridized carbons (Fsp3) is 0.381. The molecule has 0 amide bonds. The highest BCUT2D eigenvalue weighted by Crippen LogP contribution is 2.35. The van der Waals surface area contributed by atoms with E-state index in [2.05, 4.69) is 49.1 Å². The quantitative estimate of drug-likeness (QED) is 0.297. The van der Waals surface area contributed by atoms with Crippen molar-refractivity contribution in [3.8, 4) is 0 Å². The van der Waals surface area contributed by atoms with Gasteiger partial charge in [-0.2, -0.15) is 0 Å². The summed E-state index contributed by atoms with van der Waals surface area (Å²) in [5.41, 5.74) is 3.17. The topological polar surface area (TPSA) is 24.7 Å². The lowest BCUT2D eigenvalue weighted by atomic mass is 9.81. The normalized spacial score (nSPS) is 19.4. The molecule has 0 saturated carbocycles. The van der Waals surface area contributed by atoms with Gasteiger partial charge in [-0.15, -0.1) is 0 Å². The molecule has 2 rings (SSSR count). The average Bonchev–Trinajstić information content (AvgIpc) is 2.60. The van der Waals surface area contributed by atoms with E-state index in [1.54, 1.807) is 23.5 Å². The van der Waals surface area contributed by atoms with E-state index < -0.39 is 0 Å². The van der Waals surface area contributed by atoms with Crippen molar-refractivity contribution in [2.24, 2.45) is 15.4 Å². The average molecular weight is 372 g/mol. The molecule has 4 heteroatoms. The number of aliphatic imine (C=N–C) groups is 2. The van der Waals surface area contributed by atoms with Gasteiger partial charge in [0, 0.05) is 24.6 Å². The molecule has 0 saturated heterocycles. The summed E-state index contributed by atoms with van der Waals surface area (Å²) in [6.45, 7) is 8.87. The number of rotatable bonds is 5. The van der Waals surface area contributed by atoms with Crippen molar-refractivity contribution in [1.82, 2.24) is 0 Å². The van der Waals surface area contributed by atoms with Crippen LogP contribution in [0, 0.1) is 23.6 Å². The Hall–Kier alpha value is -1.00. The third-order valence-corrected chi connectivity index (χ3v) is 5.74.